The third kappa shape index (κ3) is 3.68. The van der Waals surface area contributed by atoms with Crippen molar-refractivity contribution in [2.75, 3.05) is 6.54 Å². The summed E-state index contributed by atoms with van der Waals surface area (Å²) in [7, 11) is 0. The minimum Gasteiger partial charge on any atom is -0.459 e. The maximum Gasteiger partial charge on any atom is 0.287 e. The SMILES string of the molecule is Cc1nc(-c2ccc(CCNC(=O)c3occc3C)cc2)cs1. The van der Waals surface area contributed by atoms with Gasteiger partial charge in [0.05, 0.1) is 17.0 Å². The van der Waals surface area contributed by atoms with E-state index in [-0.39, 0.29) is 5.91 Å². The zero-order valence-corrected chi connectivity index (χ0v) is 13.9. The van der Waals surface area contributed by atoms with Gasteiger partial charge in [0.15, 0.2) is 5.76 Å². The molecule has 3 rings (SSSR count). The normalized spacial score (nSPS) is 10.7. The Morgan fingerprint density at radius 1 is 1.22 bits per heavy atom. The van der Waals surface area contributed by atoms with Gasteiger partial charge >= 0.3 is 0 Å². The molecule has 23 heavy (non-hydrogen) atoms. The summed E-state index contributed by atoms with van der Waals surface area (Å²) in [6.45, 7) is 4.44. The molecule has 1 N–H and O–H groups in total. The van der Waals surface area contributed by atoms with Gasteiger partial charge in [-0.15, -0.1) is 11.3 Å². The van der Waals surface area contributed by atoms with Gasteiger partial charge in [-0.3, -0.25) is 4.79 Å². The average molecular weight is 326 g/mol. The van der Waals surface area contributed by atoms with Crippen molar-refractivity contribution in [2.24, 2.45) is 0 Å². The van der Waals surface area contributed by atoms with Crippen molar-refractivity contribution in [2.45, 2.75) is 20.3 Å². The molecule has 0 bridgehead atoms. The van der Waals surface area contributed by atoms with Crippen molar-refractivity contribution >= 4 is 17.2 Å². The van der Waals surface area contributed by atoms with Crippen LogP contribution in [0, 0.1) is 13.8 Å². The first-order valence-electron chi connectivity index (χ1n) is 7.47. The highest BCUT2D eigenvalue weighted by molar-refractivity contribution is 7.09. The van der Waals surface area contributed by atoms with E-state index in [9.17, 15) is 4.79 Å². The van der Waals surface area contributed by atoms with Crippen molar-refractivity contribution < 1.29 is 9.21 Å². The number of carbonyl (C=O) groups excluding carboxylic acids is 1. The Kier molecular flexibility index (Phi) is 4.57. The van der Waals surface area contributed by atoms with E-state index in [1.54, 1.807) is 17.4 Å². The molecular weight excluding hydrogens is 308 g/mol. The number of hydrogen-bond acceptors (Lipinski definition) is 4. The third-order valence-corrected chi connectivity index (χ3v) is 4.41. The van der Waals surface area contributed by atoms with Crippen molar-refractivity contribution in [3.63, 3.8) is 0 Å². The van der Waals surface area contributed by atoms with Crippen LogP contribution in [0.3, 0.4) is 0 Å². The second-order valence-electron chi connectivity index (χ2n) is 5.39. The fourth-order valence-corrected chi connectivity index (χ4v) is 2.97. The largest absolute Gasteiger partial charge is 0.459 e. The number of rotatable bonds is 5. The van der Waals surface area contributed by atoms with E-state index in [2.05, 4.69) is 39.9 Å². The lowest BCUT2D eigenvalue weighted by Crippen LogP contribution is -2.25. The molecule has 0 aliphatic heterocycles. The smallest absolute Gasteiger partial charge is 0.287 e. The van der Waals surface area contributed by atoms with Gasteiger partial charge in [0, 0.05) is 23.1 Å². The van der Waals surface area contributed by atoms with Crippen molar-refractivity contribution in [1.82, 2.24) is 10.3 Å². The number of aromatic nitrogens is 1. The van der Waals surface area contributed by atoms with Crippen LogP contribution in [0.5, 0.6) is 0 Å². The first-order valence-corrected chi connectivity index (χ1v) is 8.35. The van der Waals surface area contributed by atoms with Crippen molar-refractivity contribution in [1.29, 1.82) is 0 Å². The van der Waals surface area contributed by atoms with Gasteiger partial charge in [0.2, 0.25) is 0 Å². The first-order chi connectivity index (χ1) is 11.1. The van der Waals surface area contributed by atoms with Crippen LogP contribution in [0.1, 0.15) is 26.7 Å². The predicted molar refractivity (Wildman–Crippen MR) is 91.8 cm³/mol. The summed E-state index contributed by atoms with van der Waals surface area (Å²) in [5.41, 5.74) is 4.16. The van der Waals surface area contributed by atoms with E-state index in [0.717, 1.165) is 28.2 Å². The quantitative estimate of drug-likeness (QED) is 0.771. The van der Waals surface area contributed by atoms with E-state index in [0.29, 0.717) is 12.3 Å². The van der Waals surface area contributed by atoms with Gasteiger partial charge in [-0.2, -0.15) is 0 Å². The standard InChI is InChI=1S/C18H18N2O2S/c1-12-8-10-22-17(12)18(21)19-9-7-14-3-5-15(6-4-14)16-11-23-13(2)20-16/h3-6,8,10-11H,7,9H2,1-2H3,(H,19,21). The lowest BCUT2D eigenvalue weighted by Gasteiger charge is -2.05. The van der Waals surface area contributed by atoms with Crippen LogP contribution >= 0.6 is 11.3 Å². The van der Waals surface area contributed by atoms with Crippen molar-refractivity contribution in [3.8, 4) is 11.3 Å². The van der Waals surface area contributed by atoms with Gasteiger partial charge in [-0.25, -0.2) is 4.98 Å². The van der Waals surface area contributed by atoms with E-state index in [1.165, 1.54) is 11.8 Å². The number of thiazole rings is 1. The molecular formula is C18H18N2O2S. The minimum atomic E-state index is -0.165. The molecule has 2 aromatic heterocycles. The highest BCUT2D eigenvalue weighted by Gasteiger charge is 2.11. The van der Waals surface area contributed by atoms with Crippen LogP contribution in [0.15, 0.2) is 46.4 Å². The molecule has 0 aliphatic rings. The summed E-state index contributed by atoms with van der Waals surface area (Å²) in [5.74, 6) is 0.223. The van der Waals surface area contributed by atoms with Crippen LogP contribution in [0.2, 0.25) is 0 Å². The van der Waals surface area contributed by atoms with Gasteiger partial charge < -0.3 is 9.73 Å². The maximum atomic E-state index is 11.9. The fraction of sp³-hybridized carbons (Fsp3) is 0.222. The van der Waals surface area contributed by atoms with Gasteiger partial charge in [0.25, 0.3) is 5.91 Å². The maximum absolute atomic E-state index is 11.9. The molecule has 2 heterocycles. The van der Waals surface area contributed by atoms with Gasteiger partial charge in [0.1, 0.15) is 0 Å². The number of aryl methyl sites for hydroxylation is 2. The molecule has 1 amide bonds. The summed E-state index contributed by atoms with van der Waals surface area (Å²) < 4.78 is 5.18. The Balaban J connectivity index is 1.55. The van der Waals surface area contributed by atoms with Crippen LogP contribution in [0.4, 0.5) is 0 Å². The Morgan fingerprint density at radius 2 is 2.00 bits per heavy atom. The average Bonchev–Trinajstić information content (AvgIpc) is 3.16. The summed E-state index contributed by atoms with van der Waals surface area (Å²) in [5, 5.41) is 6.02. The molecule has 0 unspecified atom stereocenters. The Bertz CT molecular complexity index is 803. The number of amides is 1. The summed E-state index contributed by atoms with van der Waals surface area (Å²) >= 11 is 1.65. The summed E-state index contributed by atoms with van der Waals surface area (Å²) in [6, 6.07) is 10.1. The molecule has 0 aliphatic carbocycles. The Morgan fingerprint density at radius 3 is 2.61 bits per heavy atom. The summed E-state index contributed by atoms with van der Waals surface area (Å²) in [4.78, 5) is 16.4. The molecule has 3 aromatic rings. The zero-order valence-electron chi connectivity index (χ0n) is 13.1. The number of furan rings is 1. The first kappa shape index (κ1) is 15.5. The van der Waals surface area contributed by atoms with E-state index < -0.39 is 0 Å². The number of hydrogen-bond donors (Lipinski definition) is 1. The van der Waals surface area contributed by atoms with Crippen LogP contribution in [0.25, 0.3) is 11.3 Å². The molecule has 0 fully saturated rings. The van der Waals surface area contributed by atoms with E-state index in [1.807, 2.05) is 13.8 Å². The van der Waals surface area contributed by atoms with Gasteiger partial charge in [-0.1, -0.05) is 24.3 Å². The van der Waals surface area contributed by atoms with E-state index >= 15 is 0 Å². The lowest BCUT2D eigenvalue weighted by atomic mass is 10.1. The Hall–Kier alpha value is -2.40. The molecule has 0 saturated heterocycles. The highest BCUT2D eigenvalue weighted by atomic mass is 32.1. The summed E-state index contributed by atoms with van der Waals surface area (Å²) in [6.07, 6.45) is 2.31. The van der Waals surface area contributed by atoms with Crippen LogP contribution in [-0.2, 0) is 6.42 Å². The molecule has 0 radical (unpaired) electrons. The van der Waals surface area contributed by atoms with Crippen LogP contribution < -0.4 is 5.32 Å². The molecule has 0 spiro atoms. The topological polar surface area (TPSA) is 55.1 Å². The molecule has 118 valence electrons. The van der Waals surface area contributed by atoms with Gasteiger partial charge in [-0.05, 0) is 31.9 Å². The Labute approximate surface area is 139 Å². The van der Waals surface area contributed by atoms with E-state index in [4.69, 9.17) is 4.42 Å². The number of carbonyl (C=O) groups is 1. The fourth-order valence-electron chi connectivity index (χ4n) is 2.34. The molecule has 4 nitrogen and oxygen atoms in total. The predicted octanol–water partition coefficient (Wildman–Crippen LogP) is 3.99. The third-order valence-electron chi connectivity index (χ3n) is 3.64. The molecule has 5 heteroatoms. The molecule has 0 atom stereocenters. The minimum absolute atomic E-state index is 0.165. The van der Waals surface area contributed by atoms with Crippen LogP contribution in [-0.4, -0.2) is 17.4 Å². The second-order valence-corrected chi connectivity index (χ2v) is 6.45. The molecule has 1 aromatic carbocycles. The van der Waals surface area contributed by atoms with Crippen molar-refractivity contribution in [3.05, 3.63) is 63.9 Å². The number of nitrogens with one attached hydrogen (secondary N) is 1. The number of benzene rings is 1. The second kappa shape index (κ2) is 6.79. The monoisotopic (exact) mass is 326 g/mol. The number of nitrogens with zero attached hydrogens (tertiary/aromatic N) is 1. The zero-order chi connectivity index (χ0) is 16.2. The molecule has 0 saturated carbocycles. The highest BCUT2D eigenvalue weighted by Crippen LogP contribution is 2.21. The lowest BCUT2D eigenvalue weighted by molar-refractivity contribution is 0.0925.